The molecular formula is C21H23NO3. The molecule has 4 rings (SSSR count). The Balaban J connectivity index is 1.96. The predicted molar refractivity (Wildman–Crippen MR) is 98.1 cm³/mol. The summed E-state index contributed by atoms with van der Waals surface area (Å²) in [5.41, 5.74) is 5.24. The molecule has 130 valence electrons. The van der Waals surface area contributed by atoms with Crippen molar-refractivity contribution in [3.8, 4) is 11.5 Å². The number of nitrogens with zero attached hydrogens (tertiary/aromatic N) is 1. The smallest absolute Gasteiger partial charge is 0.166 e. The van der Waals surface area contributed by atoms with Gasteiger partial charge in [-0.3, -0.25) is 4.99 Å². The molecule has 0 aliphatic carbocycles. The molecule has 2 aromatic carbocycles. The van der Waals surface area contributed by atoms with Gasteiger partial charge in [0.2, 0.25) is 0 Å². The van der Waals surface area contributed by atoms with Gasteiger partial charge in [-0.15, -0.1) is 0 Å². The van der Waals surface area contributed by atoms with Gasteiger partial charge >= 0.3 is 0 Å². The molecule has 0 amide bonds. The van der Waals surface area contributed by atoms with E-state index < -0.39 is 0 Å². The lowest BCUT2D eigenvalue weighted by Gasteiger charge is -2.25. The third kappa shape index (κ3) is 2.71. The molecule has 0 fully saturated rings. The van der Waals surface area contributed by atoms with Crippen LogP contribution in [0.4, 0.5) is 0 Å². The summed E-state index contributed by atoms with van der Waals surface area (Å²) in [6, 6.07) is 12.1. The van der Waals surface area contributed by atoms with Gasteiger partial charge in [0.1, 0.15) is 5.60 Å². The maximum Gasteiger partial charge on any atom is 0.166 e. The van der Waals surface area contributed by atoms with E-state index in [0.29, 0.717) is 6.42 Å². The average molecular weight is 337 g/mol. The van der Waals surface area contributed by atoms with Crippen LogP contribution in [0.15, 0.2) is 41.4 Å². The van der Waals surface area contributed by atoms with E-state index in [9.17, 15) is 5.11 Å². The molecule has 2 heterocycles. The summed E-state index contributed by atoms with van der Waals surface area (Å²) in [5.74, 6) is 1.60. The molecule has 1 unspecified atom stereocenters. The van der Waals surface area contributed by atoms with E-state index in [4.69, 9.17) is 14.5 Å². The Labute approximate surface area is 148 Å². The Morgan fingerprint density at radius 1 is 1.28 bits per heavy atom. The van der Waals surface area contributed by atoms with Crippen molar-refractivity contribution in [1.82, 2.24) is 0 Å². The van der Waals surface area contributed by atoms with Gasteiger partial charge in [0.25, 0.3) is 0 Å². The normalized spacial score (nSPS) is 20.3. The van der Waals surface area contributed by atoms with Crippen LogP contribution < -0.4 is 9.47 Å². The van der Waals surface area contributed by atoms with Crippen molar-refractivity contribution in [3.05, 3.63) is 58.7 Å². The Morgan fingerprint density at radius 2 is 2.04 bits per heavy atom. The number of aliphatic hydroxyl groups is 1. The lowest BCUT2D eigenvalue weighted by molar-refractivity contribution is 0.134. The maximum absolute atomic E-state index is 9.72. The molecular weight excluding hydrogens is 314 g/mol. The minimum Gasteiger partial charge on any atom is -0.493 e. The van der Waals surface area contributed by atoms with Crippen LogP contribution in [0.1, 0.15) is 36.1 Å². The fourth-order valence-electron chi connectivity index (χ4n) is 3.85. The number of benzene rings is 2. The molecule has 2 aromatic rings. The largest absolute Gasteiger partial charge is 0.493 e. The molecule has 1 atom stereocenters. The molecule has 2 aliphatic rings. The summed E-state index contributed by atoms with van der Waals surface area (Å²) >= 11 is 0. The third-order valence-corrected chi connectivity index (χ3v) is 4.89. The Kier molecular flexibility index (Phi) is 3.80. The number of aliphatic imine (C=N–C) groups is 1. The fourth-order valence-corrected chi connectivity index (χ4v) is 3.85. The predicted octanol–water partition coefficient (Wildman–Crippen LogP) is 3.16. The second kappa shape index (κ2) is 5.88. The molecule has 4 heteroatoms. The Hall–Kier alpha value is -2.33. The molecule has 2 aliphatic heterocycles. The monoisotopic (exact) mass is 337 g/mol. The summed E-state index contributed by atoms with van der Waals surface area (Å²) in [5, 5.41) is 9.72. The molecule has 0 spiro atoms. The van der Waals surface area contributed by atoms with Gasteiger partial charge in [-0.2, -0.15) is 0 Å². The zero-order chi connectivity index (χ0) is 17.6. The first-order valence-corrected chi connectivity index (χ1v) is 8.68. The summed E-state index contributed by atoms with van der Waals surface area (Å²) in [6.45, 7) is 4.23. The van der Waals surface area contributed by atoms with E-state index in [-0.39, 0.29) is 18.2 Å². The number of hydrogen-bond donors (Lipinski definition) is 1. The lowest BCUT2D eigenvalue weighted by Crippen LogP contribution is -2.27. The highest BCUT2D eigenvalue weighted by atomic mass is 16.5. The van der Waals surface area contributed by atoms with Crippen LogP contribution >= 0.6 is 0 Å². The van der Waals surface area contributed by atoms with Gasteiger partial charge in [0, 0.05) is 23.1 Å². The number of rotatable bonds is 3. The maximum atomic E-state index is 9.72. The Bertz CT molecular complexity index is 840. The van der Waals surface area contributed by atoms with Gasteiger partial charge in [-0.05, 0) is 31.9 Å². The molecule has 0 saturated heterocycles. The van der Waals surface area contributed by atoms with Crippen molar-refractivity contribution in [2.24, 2.45) is 4.99 Å². The standard InChI is InChI=1S/C21H23NO3/c1-21(2)11-16-18-14(10-17(24-3)20(16)25-21)9-15(12-23)22-19(18)13-7-5-4-6-8-13/h4-8,10,15,23H,9,11-12H2,1-3H3. The van der Waals surface area contributed by atoms with Crippen LogP contribution in [0.25, 0.3) is 0 Å². The molecule has 0 radical (unpaired) electrons. The second-order valence-electron chi connectivity index (χ2n) is 7.34. The van der Waals surface area contributed by atoms with Crippen molar-refractivity contribution < 1.29 is 14.6 Å². The molecule has 25 heavy (non-hydrogen) atoms. The fraction of sp³-hybridized carbons (Fsp3) is 0.381. The van der Waals surface area contributed by atoms with Gasteiger partial charge in [-0.1, -0.05) is 30.3 Å². The van der Waals surface area contributed by atoms with Crippen molar-refractivity contribution in [2.75, 3.05) is 13.7 Å². The van der Waals surface area contributed by atoms with Crippen LogP contribution in [0.2, 0.25) is 0 Å². The summed E-state index contributed by atoms with van der Waals surface area (Å²) < 4.78 is 11.8. The number of fused-ring (bicyclic) bond motifs is 3. The second-order valence-corrected chi connectivity index (χ2v) is 7.34. The van der Waals surface area contributed by atoms with Gasteiger partial charge in [0.05, 0.1) is 25.5 Å². The molecule has 0 bridgehead atoms. The van der Waals surface area contributed by atoms with E-state index in [1.54, 1.807) is 7.11 Å². The minimum atomic E-state index is -0.264. The van der Waals surface area contributed by atoms with Crippen molar-refractivity contribution in [1.29, 1.82) is 0 Å². The third-order valence-electron chi connectivity index (χ3n) is 4.89. The Morgan fingerprint density at radius 3 is 2.72 bits per heavy atom. The number of methoxy groups -OCH3 is 1. The van der Waals surface area contributed by atoms with E-state index >= 15 is 0 Å². The highest BCUT2D eigenvalue weighted by Crippen LogP contribution is 2.46. The van der Waals surface area contributed by atoms with Crippen LogP contribution in [0, 0.1) is 0 Å². The zero-order valence-corrected chi connectivity index (χ0v) is 14.9. The van der Waals surface area contributed by atoms with E-state index in [0.717, 1.165) is 34.8 Å². The quantitative estimate of drug-likeness (QED) is 0.936. The zero-order valence-electron chi connectivity index (χ0n) is 14.9. The summed E-state index contributed by atoms with van der Waals surface area (Å²) in [4.78, 5) is 4.86. The molecule has 4 nitrogen and oxygen atoms in total. The van der Waals surface area contributed by atoms with Gasteiger partial charge in [-0.25, -0.2) is 0 Å². The molecule has 0 aromatic heterocycles. The van der Waals surface area contributed by atoms with E-state index in [2.05, 4.69) is 32.0 Å². The first-order valence-electron chi connectivity index (χ1n) is 8.68. The summed E-state index contributed by atoms with van der Waals surface area (Å²) in [7, 11) is 1.68. The van der Waals surface area contributed by atoms with Crippen LogP contribution in [-0.4, -0.2) is 36.2 Å². The van der Waals surface area contributed by atoms with Crippen molar-refractivity contribution in [3.63, 3.8) is 0 Å². The van der Waals surface area contributed by atoms with Gasteiger partial charge < -0.3 is 14.6 Å². The van der Waals surface area contributed by atoms with Crippen LogP contribution in [-0.2, 0) is 12.8 Å². The SMILES string of the molecule is COc1cc2c(c3c1OC(C)(C)C3)C(c1ccccc1)=NC(CO)C2. The number of aliphatic hydroxyl groups excluding tert-OH is 1. The topological polar surface area (TPSA) is 51.0 Å². The number of ether oxygens (including phenoxy) is 2. The first-order chi connectivity index (χ1) is 12.0. The van der Waals surface area contributed by atoms with Crippen molar-refractivity contribution in [2.45, 2.75) is 38.3 Å². The van der Waals surface area contributed by atoms with Gasteiger partial charge in [0.15, 0.2) is 11.5 Å². The average Bonchev–Trinajstić information content (AvgIpc) is 2.95. The lowest BCUT2D eigenvalue weighted by atomic mass is 9.84. The van der Waals surface area contributed by atoms with E-state index in [1.165, 1.54) is 11.1 Å². The first kappa shape index (κ1) is 16.2. The molecule has 0 saturated carbocycles. The van der Waals surface area contributed by atoms with E-state index in [1.807, 2.05) is 18.2 Å². The molecule has 1 N–H and O–H groups in total. The van der Waals surface area contributed by atoms with Crippen molar-refractivity contribution >= 4 is 5.71 Å². The minimum absolute atomic E-state index is 0.0389. The summed E-state index contributed by atoms with van der Waals surface area (Å²) in [6.07, 6.45) is 1.53. The van der Waals surface area contributed by atoms with Crippen LogP contribution in [0.5, 0.6) is 11.5 Å². The highest BCUT2D eigenvalue weighted by molar-refractivity contribution is 6.16. The van der Waals surface area contributed by atoms with Crippen LogP contribution in [0.3, 0.4) is 0 Å². The highest BCUT2D eigenvalue weighted by Gasteiger charge is 2.38. The number of hydrogen-bond acceptors (Lipinski definition) is 4.